The van der Waals surface area contributed by atoms with E-state index in [2.05, 4.69) is 52.8 Å². The van der Waals surface area contributed by atoms with Crippen molar-refractivity contribution < 1.29 is 95.7 Å². The largest absolute Gasteiger partial charge is 0.455 e. The Labute approximate surface area is 677 Å². The second-order valence-corrected chi connectivity index (χ2v) is 34.3. The first-order chi connectivity index (χ1) is 53.6. The second kappa shape index (κ2) is 44.4. The van der Waals surface area contributed by atoms with E-state index < -0.39 is 147 Å². The van der Waals surface area contributed by atoms with Crippen LogP contribution in [0.4, 0.5) is 5.69 Å². The second-order valence-electron chi connectivity index (χ2n) is 33.4. The number of aldehydes is 1. The minimum absolute atomic E-state index is 0.00338. The van der Waals surface area contributed by atoms with E-state index in [-0.39, 0.29) is 137 Å². The molecule has 11 N–H and O–H groups in total. The van der Waals surface area contributed by atoms with Crippen LogP contribution in [0.2, 0.25) is 0 Å². The Morgan fingerprint density at radius 3 is 1.63 bits per heavy atom. The molecule has 0 saturated heterocycles. The number of nitrogens with zero attached hydrogens (tertiary/aromatic N) is 4. The van der Waals surface area contributed by atoms with E-state index in [1.165, 1.54) is 32.2 Å². The Morgan fingerprint density at radius 2 is 1.15 bits per heavy atom. The first-order valence-electron chi connectivity index (χ1n) is 38.7. The van der Waals surface area contributed by atoms with E-state index >= 15 is 0 Å². The number of thiazole rings is 1. The highest BCUT2D eigenvalue weighted by Crippen LogP contribution is 2.34. The molecule has 34 nitrogen and oxygen atoms in total. The van der Waals surface area contributed by atoms with Crippen molar-refractivity contribution in [1.29, 1.82) is 0 Å². The Bertz CT molecular complexity index is 3850. The molecule has 2 aromatic rings. The average molecular weight is 1630 g/mol. The lowest BCUT2D eigenvalue weighted by atomic mass is 9.89. The van der Waals surface area contributed by atoms with Crippen molar-refractivity contribution in [2.45, 2.75) is 224 Å². The fraction of sp³-hybridized carbons (Fsp3) is 0.637. The quantitative estimate of drug-likeness (QED) is 0.0196. The molecule has 0 saturated carbocycles. The number of amides is 13. The molecule has 8 unspecified atom stereocenters. The van der Waals surface area contributed by atoms with Crippen LogP contribution in [0.1, 0.15) is 190 Å². The van der Waals surface area contributed by atoms with Gasteiger partial charge in [-0.2, -0.15) is 0 Å². The number of carbonyl (C=O) groups is 16. The van der Waals surface area contributed by atoms with Crippen molar-refractivity contribution in [2.24, 2.45) is 45.1 Å². The van der Waals surface area contributed by atoms with Crippen molar-refractivity contribution in [3.63, 3.8) is 0 Å². The summed E-state index contributed by atoms with van der Waals surface area (Å²) in [5.41, 5.74) is 2.88. The molecule has 1 aromatic heterocycles. The maximum atomic E-state index is 14.5. The average Bonchev–Trinajstić information content (AvgIpc) is 1.66. The molecule has 0 bridgehead atoms. The molecule has 2 aliphatic heterocycles. The summed E-state index contributed by atoms with van der Waals surface area (Å²) >= 11 is 1.11. The number of aromatic nitrogens is 1. The van der Waals surface area contributed by atoms with Crippen LogP contribution in [0, 0.1) is 39.4 Å². The number of esters is 2. The highest BCUT2D eigenvalue weighted by Gasteiger charge is 2.51. The van der Waals surface area contributed by atoms with E-state index in [1.54, 1.807) is 107 Å². The van der Waals surface area contributed by atoms with Crippen molar-refractivity contribution in [3.8, 4) is 5.75 Å². The lowest BCUT2D eigenvalue weighted by molar-refractivity contribution is -0.157. The number of carbonyl (C=O) groups excluding carboxylic acids is 16. The number of likely N-dealkylation sites (N-methyl/N-ethyl adjacent to an activating group) is 1. The summed E-state index contributed by atoms with van der Waals surface area (Å²) in [4.78, 5) is 221. The van der Waals surface area contributed by atoms with Gasteiger partial charge in [0.2, 0.25) is 47.3 Å². The zero-order chi connectivity index (χ0) is 86.8. The van der Waals surface area contributed by atoms with Crippen LogP contribution < -0.4 is 58.3 Å². The van der Waals surface area contributed by atoms with Gasteiger partial charge in [0.15, 0.2) is 11.9 Å². The monoisotopic (exact) mass is 1630 g/mol. The number of anilines is 1. The molecule has 0 spiro atoms. The molecule has 4 rings (SSSR count). The van der Waals surface area contributed by atoms with Crippen LogP contribution in [-0.2, 0) is 92.5 Å². The molecule has 13 amide bonds. The summed E-state index contributed by atoms with van der Waals surface area (Å²) < 4.78 is 23.7. The molecule has 2 aliphatic rings. The molecule has 0 aliphatic carbocycles. The summed E-state index contributed by atoms with van der Waals surface area (Å²) in [7, 11) is 3.30. The van der Waals surface area contributed by atoms with Crippen molar-refractivity contribution in [1.82, 2.24) is 62.2 Å². The first kappa shape index (κ1) is 97.7. The van der Waals surface area contributed by atoms with E-state index in [4.69, 9.17) is 24.7 Å². The molecule has 35 heteroatoms. The Hall–Kier alpha value is -9.71. The third-order valence-corrected chi connectivity index (χ3v) is 20.2. The van der Waals surface area contributed by atoms with Gasteiger partial charge < -0.3 is 82.2 Å². The van der Waals surface area contributed by atoms with Gasteiger partial charge in [-0.05, 0) is 87.9 Å². The lowest BCUT2D eigenvalue weighted by Gasteiger charge is -2.37. The van der Waals surface area contributed by atoms with Crippen LogP contribution in [0.5, 0.6) is 5.75 Å². The predicted octanol–water partition coefficient (Wildman–Crippen LogP) is 3.40. The number of rotatable bonds is 49. The smallest absolute Gasteiger partial charge is 0.333 e. The van der Waals surface area contributed by atoms with Crippen molar-refractivity contribution in [2.75, 3.05) is 72.0 Å². The Morgan fingerprint density at radius 1 is 0.635 bits per heavy atom. The van der Waals surface area contributed by atoms with E-state index in [0.717, 1.165) is 42.1 Å². The highest BCUT2D eigenvalue weighted by atomic mass is 32.1. The third-order valence-electron chi connectivity index (χ3n) is 19.2. The number of ether oxygens (including phenoxy) is 4. The van der Waals surface area contributed by atoms with Gasteiger partial charge in [-0.25, -0.2) is 9.78 Å². The Balaban J connectivity index is 1.44. The summed E-state index contributed by atoms with van der Waals surface area (Å²) in [5, 5.41) is 26.4. The molecule has 1 aromatic carbocycles. The fourth-order valence-electron chi connectivity index (χ4n) is 12.3. The predicted molar refractivity (Wildman–Crippen MR) is 427 cm³/mol. The number of imide groups is 2. The number of benzene rings is 1. The first-order valence-corrected chi connectivity index (χ1v) is 39.6. The van der Waals surface area contributed by atoms with Crippen LogP contribution in [0.3, 0.4) is 0 Å². The van der Waals surface area contributed by atoms with Crippen LogP contribution >= 0.6 is 11.3 Å². The Kier molecular flexibility index (Phi) is 37.7. The van der Waals surface area contributed by atoms with Gasteiger partial charge in [0.1, 0.15) is 41.2 Å². The van der Waals surface area contributed by atoms with Gasteiger partial charge in [0.25, 0.3) is 29.5 Å². The van der Waals surface area contributed by atoms with E-state index in [9.17, 15) is 76.7 Å². The summed E-state index contributed by atoms with van der Waals surface area (Å²) in [6, 6.07) is -4.64. The summed E-state index contributed by atoms with van der Waals surface area (Å²) in [6.45, 7) is 30.8. The van der Waals surface area contributed by atoms with Crippen LogP contribution in [0.25, 0.3) is 0 Å². The molecule has 0 fully saturated rings. The van der Waals surface area contributed by atoms with Gasteiger partial charge in [-0.15, -0.1) is 11.3 Å². The zero-order valence-corrected chi connectivity index (χ0v) is 71.0. The SMILES string of the molecule is CC[C@H](C)CC(=O)N(C)C(C[C@@H](OC(C)=O)c1nc(C(=O)N[C@@H](Cc2ccc(OC(=O)C(C)NC(=O)C(C)NC(=O)CC(C)(C)COCC(C)(C)CNC(=O)C(C(C(=O)NCC(C)(C)COCC(C)(C)CC(=O)NC(C)C=O)N3C(=O)C=CC3=O)N3C(=O)C=CC3=O)c(NC(=O)C(C)NC)c2)CC(C)C(=O)NCCN)cs1)C(C)C. The standard InChI is InChI=1S/C80H122N14O20S/c1-21-46(4)30-66(103)92(20)57(45(2)3)34-59(113-52(10)96)75-91-56(38-115-75)72(107)89-54(31-47(5)69(104)83-29-28-81)32-53-22-23-58(55(33-53)90-70(105)49(7)82-19)114-76(110)51(9)88-71(106)50(8)87-61(98)36-78(13,14)42-112-44-80(17,18)40-85-74(109)68(94-64(101)26-27-65(94)102)67(93-62(99)24-25-63(93)100)73(108)84-39-79(15,16)43-111-41-77(11,12)35-60(97)86-48(6)37-95/h22-27,33,37-38,45-51,54,57,59,67-68,82H,21,28-32,34-36,39-44,81H2,1-20H3,(H,83,104)(H,84,108)(H,85,109)(H,86,97)(H,87,98)(H,88,106)(H,89,107)(H,90,105)/t46-,47?,48?,49?,50?,51?,54+,57?,59+,67?,68?/m0/s1. The molecule has 638 valence electrons. The van der Waals surface area contributed by atoms with Crippen LogP contribution in [-0.4, -0.2) is 230 Å². The molecular weight excluding hydrogens is 1510 g/mol. The topological polar surface area (TPSA) is 467 Å². The fourth-order valence-corrected chi connectivity index (χ4v) is 13.2. The number of hydrogen-bond acceptors (Lipinski definition) is 24. The van der Waals surface area contributed by atoms with Crippen molar-refractivity contribution in [3.05, 3.63) is 64.1 Å². The summed E-state index contributed by atoms with van der Waals surface area (Å²) in [5.74, 6) is -11.5. The highest BCUT2D eigenvalue weighted by molar-refractivity contribution is 7.09. The maximum absolute atomic E-state index is 14.5. The maximum Gasteiger partial charge on any atom is 0.333 e. The lowest BCUT2D eigenvalue weighted by Crippen LogP contribution is -2.66. The van der Waals surface area contributed by atoms with Gasteiger partial charge in [0.05, 0.1) is 44.2 Å². The van der Waals surface area contributed by atoms with Gasteiger partial charge >= 0.3 is 11.9 Å². The normalized spacial score (nSPS) is 16.1. The number of nitrogens with two attached hydrogens (primary N) is 1. The van der Waals surface area contributed by atoms with Crippen molar-refractivity contribution >= 4 is 112 Å². The molecule has 115 heavy (non-hydrogen) atoms. The third kappa shape index (κ3) is 31.4. The minimum Gasteiger partial charge on any atom is -0.455 e. The van der Waals surface area contributed by atoms with Gasteiger partial charge in [-0.3, -0.25) is 76.9 Å². The van der Waals surface area contributed by atoms with E-state index in [0.29, 0.717) is 33.1 Å². The molecule has 3 heterocycles. The molecule has 0 radical (unpaired) electrons. The van der Waals surface area contributed by atoms with Crippen LogP contribution in [0.15, 0.2) is 47.9 Å². The van der Waals surface area contributed by atoms with Gasteiger partial charge in [-0.1, -0.05) is 102 Å². The number of hydrogen-bond donors (Lipinski definition) is 10. The molecule has 11 atom stereocenters. The summed E-state index contributed by atoms with van der Waals surface area (Å²) in [6.07, 6.45) is 4.65. The zero-order valence-electron chi connectivity index (χ0n) is 70.2. The molecular formula is C80H122N14O20S. The minimum atomic E-state index is -2.08. The van der Waals surface area contributed by atoms with Gasteiger partial charge in [0, 0.05) is 124 Å². The number of nitrogens with one attached hydrogen (secondary N) is 9. The van der Waals surface area contributed by atoms with E-state index in [1.807, 2.05) is 27.7 Å².